The number of ether oxygens (including phenoxy) is 1. The molecular weight excluding hydrogens is 370 g/mol. The summed E-state index contributed by atoms with van der Waals surface area (Å²) in [5, 5.41) is 6.56. The van der Waals surface area contributed by atoms with Gasteiger partial charge in [0.25, 0.3) is 5.91 Å². The summed E-state index contributed by atoms with van der Waals surface area (Å²) in [5.74, 6) is 1.52. The predicted octanol–water partition coefficient (Wildman–Crippen LogP) is 3.67. The second-order valence-corrected chi connectivity index (χ2v) is 6.13. The van der Waals surface area contributed by atoms with Gasteiger partial charge in [0.15, 0.2) is 12.4 Å². The van der Waals surface area contributed by atoms with Crippen LogP contribution in [0.1, 0.15) is 22.1 Å². The summed E-state index contributed by atoms with van der Waals surface area (Å²) in [6.45, 7) is 1.79. The van der Waals surface area contributed by atoms with Gasteiger partial charge in [0, 0.05) is 12.5 Å². The zero-order valence-corrected chi connectivity index (χ0v) is 15.6. The Bertz CT molecular complexity index is 1110. The number of nitrogens with one attached hydrogen (secondary N) is 1. The van der Waals surface area contributed by atoms with Gasteiger partial charge in [-0.15, -0.1) is 0 Å². The number of anilines is 1. The molecule has 0 atom stereocenters. The normalized spacial score (nSPS) is 10.5. The van der Waals surface area contributed by atoms with E-state index in [9.17, 15) is 4.79 Å². The van der Waals surface area contributed by atoms with Crippen molar-refractivity contribution in [3.63, 3.8) is 0 Å². The summed E-state index contributed by atoms with van der Waals surface area (Å²) < 4.78 is 10.6. The van der Waals surface area contributed by atoms with Crippen molar-refractivity contribution in [2.75, 3.05) is 5.32 Å². The highest BCUT2D eigenvalue weighted by Gasteiger charge is 2.14. The number of aryl methyl sites for hydroxylation is 1. The molecule has 1 N–H and O–H groups in total. The molecule has 29 heavy (non-hydrogen) atoms. The number of hydrogen-bond donors (Lipinski definition) is 1. The zero-order chi connectivity index (χ0) is 20.1. The van der Waals surface area contributed by atoms with Crippen LogP contribution < -0.4 is 10.1 Å². The molecule has 144 valence electrons. The van der Waals surface area contributed by atoms with Crippen LogP contribution in [0.25, 0.3) is 11.4 Å². The fraction of sp³-hybridized carbons (Fsp3) is 0.0952. The van der Waals surface area contributed by atoms with Gasteiger partial charge in [-0.1, -0.05) is 47.6 Å². The summed E-state index contributed by atoms with van der Waals surface area (Å²) in [7, 11) is 0. The smallest absolute Gasteiger partial charge is 0.259 e. The minimum Gasteiger partial charge on any atom is -0.485 e. The summed E-state index contributed by atoms with van der Waals surface area (Å²) in [5.41, 5.74) is 1.76. The van der Waals surface area contributed by atoms with Crippen LogP contribution in [0.15, 0.2) is 71.5 Å². The van der Waals surface area contributed by atoms with Gasteiger partial charge >= 0.3 is 0 Å². The van der Waals surface area contributed by atoms with Crippen LogP contribution in [-0.2, 0) is 6.61 Å². The first-order valence-electron chi connectivity index (χ1n) is 8.89. The molecule has 0 fully saturated rings. The van der Waals surface area contributed by atoms with Crippen LogP contribution in [0.3, 0.4) is 0 Å². The van der Waals surface area contributed by atoms with E-state index in [2.05, 4.69) is 25.4 Å². The molecule has 2 heterocycles. The predicted molar refractivity (Wildman–Crippen MR) is 105 cm³/mol. The maximum absolute atomic E-state index is 12.7. The molecule has 8 nitrogen and oxygen atoms in total. The van der Waals surface area contributed by atoms with E-state index in [4.69, 9.17) is 9.26 Å². The number of rotatable bonds is 6. The number of aromatic nitrogens is 4. The van der Waals surface area contributed by atoms with Crippen LogP contribution >= 0.6 is 0 Å². The van der Waals surface area contributed by atoms with Crippen LogP contribution in [0.4, 0.5) is 5.69 Å². The fourth-order valence-corrected chi connectivity index (χ4v) is 2.65. The van der Waals surface area contributed by atoms with E-state index in [1.54, 1.807) is 43.6 Å². The van der Waals surface area contributed by atoms with E-state index in [1.807, 2.05) is 30.3 Å². The van der Waals surface area contributed by atoms with Gasteiger partial charge in [-0.25, -0.2) is 9.97 Å². The molecule has 0 unspecified atom stereocenters. The third kappa shape index (κ3) is 4.44. The standard InChI is InChI=1S/C21H17N5O3/c1-14-24-19(26-29-14)13-28-18-10-6-5-9-17(18)21(27)25-16-11-22-20(23-12-16)15-7-3-2-4-8-15/h2-12H,13H2,1H3,(H,25,27). The molecular formula is C21H17N5O3. The van der Waals surface area contributed by atoms with Crippen molar-refractivity contribution >= 4 is 11.6 Å². The van der Waals surface area contributed by atoms with Crippen LogP contribution in [0.2, 0.25) is 0 Å². The molecule has 0 aliphatic rings. The first kappa shape index (κ1) is 18.3. The zero-order valence-electron chi connectivity index (χ0n) is 15.6. The molecule has 0 spiro atoms. The maximum atomic E-state index is 12.7. The molecule has 0 aliphatic carbocycles. The van der Waals surface area contributed by atoms with Gasteiger partial charge in [0.2, 0.25) is 11.7 Å². The highest BCUT2D eigenvalue weighted by molar-refractivity contribution is 6.06. The lowest BCUT2D eigenvalue weighted by Gasteiger charge is -2.10. The summed E-state index contributed by atoms with van der Waals surface area (Å²) >= 11 is 0. The summed E-state index contributed by atoms with van der Waals surface area (Å²) in [6.07, 6.45) is 3.14. The molecule has 1 amide bonds. The molecule has 2 aromatic carbocycles. The number of hydrogen-bond acceptors (Lipinski definition) is 7. The van der Waals surface area contributed by atoms with E-state index in [0.717, 1.165) is 5.56 Å². The van der Waals surface area contributed by atoms with E-state index < -0.39 is 0 Å². The van der Waals surface area contributed by atoms with Gasteiger partial charge in [-0.05, 0) is 12.1 Å². The quantitative estimate of drug-likeness (QED) is 0.538. The number of amides is 1. The average molecular weight is 387 g/mol. The third-order valence-electron chi connectivity index (χ3n) is 4.00. The first-order chi connectivity index (χ1) is 14.2. The fourth-order valence-electron chi connectivity index (χ4n) is 2.65. The van der Waals surface area contributed by atoms with Crippen molar-refractivity contribution in [3.05, 3.63) is 84.3 Å². The van der Waals surface area contributed by atoms with E-state index in [1.165, 1.54) is 0 Å². The van der Waals surface area contributed by atoms with Crippen molar-refractivity contribution in [1.29, 1.82) is 0 Å². The van der Waals surface area contributed by atoms with E-state index in [0.29, 0.717) is 34.5 Å². The largest absolute Gasteiger partial charge is 0.485 e. The molecule has 0 saturated carbocycles. The Morgan fingerprint density at radius 2 is 1.76 bits per heavy atom. The lowest BCUT2D eigenvalue weighted by Crippen LogP contribution is -2.14. The summed E-state index contributed by atoms with van der Waals surface area (Å²) in [4.78, 5) is 25.4. The molecule has 0 bridgehead atoms. The Balaban J connectivity index is 1.46. The second-order valence-electron chi connectivity index (χ2n) is 6.13. The number of nitrogens with zero attached hydrogens (tertiary/aromatic N) is 4. The first-order valence-corrected chi connectivity index (χ1v) is 8.89. The topological polar surface area (TPSA) is 103 Å². The molecule has 2 aromatic heterocycles. The highest BCUT2D eigenvalue weighted by Crippen LogP contribution is 2.21. The Hall–Kier alpha value is -4.07. The highest BCUT2D eigenvalue weighted by atomic mass is 16.5. The maximum Gasteiger partial charge on any atom is 0.259 e. The van der Waals surface area contributed by atoms with Crippen molar-refractivity contribution in [1.82, 2.24) is 20.1 Å². The van der Waals surface area contributed by atoms with Crippen molar-refractivity contribution < 1.29 is 14.1 Å². The van der Waals surface area contributed by atoms with Gasteiger partial charge in [-0.3, -0.25) is 4.79 Å². The Morgan fingerprint density at radius 1 is 1.03 bits per heavy atom. The minimum atomic E-state index is -0.332. The van der Waals surface area contributed by atoms with Crippen molar-refractivity contribution in [3.8, 4) is 17.1 Å². The van der Waals surface area contributed by atoms with Crippen LogP contribution in [-0.4, -0.2) is 26.0 Å². The van der Waals surface area contributed by atoms with Gasteiger partial charge < -0.3 is 14.6 Å². The molecule has 0 saturated heterocycles. The Labute approximate surface area is 166 Å². The lowest BCUT2D eigenvalue weighted by molar-refractivity contribution is 0.102. The third-order valence-corrected chi connectivity index (χ3v) is 4.00. The molecule has 4 rings (SSSR count). The van der Waals surface area contributed by atoms with E-state index in [-0.39, 0.29) is 12.5 Å². The Morgan fingerprint density at radius 3 is 2.48 bits per heavy atom. The minimum absolute atomic E-state index is 0.0938. The number of carbonyl (C=O) groups is 1. The van der Waals surface area contributed by atoms with Gasteiger partial charge in [0.05, 0.1) is 23.6 Å². The number of para-hydroxylation sites is 1. The molecule has 4 aromatic rings. The summed E-state index contributed by atoms with van der Waals surface area (Å²) in [6, 6.07) is 16.5. The Kier molecular flexibility index (Phi) is 5.24. The second kappa shape index (κ2) is 8.30. The van der Waals surface area contributed by atoms with Crippen molar-refractivity contribution in [2.24, 2.45) is 0 Å². The SMILES string of the molecule is Cc1nc(COc2ccccc2C(=O)Nc2cnc(-c3ccccc3)nc2)no1. The van der Waals surface area contributed by atoms with Crippen LogP contribution in [0, 0.1) is 6.92 Å². The van der Waals surface area contributed by atoms with Crippen LogP contribution in [0.5, 0.6) is 5.75 Å². The monoisotopic (exact) mass is 387 g/mol. The average Bonchev–Trinajstić information content (AvgIpc) is 3.19. The molecule has 0 radical (unpaired) electrons. The van der Waals surface area contributed by atoms with Gasteiger partial charge in [-0.2, -0.15) is 4.98 Å². The number of carbonyl (C=O) groups excluding carboxylic acids is 1. The lowest BCUT2D eigenvalue weighted by atomic mass is 10.2. The van der Waals surface area contributed by atoms with Gasteiger partial charge in [0.1, 0.15) is 5.75 Å². The van der Waals surface area contributed by atoms with E-state index >= 15 is 0 Å². The van der Waals surface area contributed by atoms with Crippen molar-refractivity contribution in [2.45, 2.75) is 13.5 Å². The molecule has 8 heteroatoms. The number of benzene rings is 2. The molecule has 0 aliphatic heterocycles.